The second-order valence-electron chi connectivity index (χ2n) is 7.28. The summed E-state index contributed by atoms with van der Waals surface area (Å²) in [7, 11) is 0. The van der Waals surface area contributed by atoms with Gasteiger partial charge in [0.1, 0.15) is 5.92 Å². The van der Waals surface area contributed by atoms with Crippen LogP contribution in [-0.4, -0.2) is 30.1 Å². The molecule has 0 aliphatic carbocycles. The van der Waals surface area contributed by atoms with Crippen LogP contribution in [0.25, 0.3) is 0 Å². The van der Waals surface area contributed by atoms with Crippen molar-refractivity contribution in [3.63, 3.8) is 0 Å². The van der Waals surface area contributed by atoms with Gasteiger partial charge in [0.25, 0.3) is 0 Å². The summed E-state index contributed by atoms with van der Waals surface area (Å²) in [5.74, 6) is -0.306. The van der Waals surface area contributed by atoms with Crippen molar-refractivity contribution < 1.29 is 4.79 Å². The molecule has 2 heterocycles. The molecule has 134 valence electrons. The van der Waals surface area contributed by atoms with Gasteiger partial charge >= 0.3 is 0 Å². The fourth-order valence-electron chi connectivity index (χ4n) is 3.91. The Bertz CT molecular complexity index is 820. The van der Waals surface area contributed by atoms with E-state index in [1.165, 1.54) is 37.9 Å². The minimum Gasteiger partial charge on any atom is -0.325 e. The van der Waals surface area contributed by atoms with Crippen molar-refractivity contribution in [1.29, 1.82) is 0 Å². The molecule has 1 saturated heterocycles. The first kappa shape index (κ1) is 17.0. The summed E-state index contributed by atoms with van der Waals surface area (Å²) in [6, 6.07) is 14.3. The van der Waals surface area contributed by atoms with Gasteiger partial charge in [-0.1, -0.05) is 30.7 Å². The van der Waals surface area contributed by atoms with Crippen molar-refractivity contribution in [3.8, 4) is 0 Å². The Morgan fingerprint density at radius 3 is 2.65 bits per heavy atom. The van der Waals surface area contributed by atoms with E-state index in [4.69, 9.17) is 0 Å². The molecule has 2 aliphatic rings. The van der Waals surface area contributed by atoms with E-state index >= 15 is 0 Å². The van der Waals surface area contributed by atoms with Gasteiger partial charge in [0.2, 0.25) is 5.91 Å². The molecule has 1 fully saturated rings. The van der Waals surface area contributed by atoms with E-state index in [0.29, 0.717) is 0 Å². The number of carbonyl (C=O) groups excluding carboxylic acids is 1. The van der Waals surface area contributed by atoms with Gasteiger partial charge in [-0.15, -0.1) is 0 Å². The maximum Gasteiger partial charge on any atom is 0.237 e. The largest absolute Gasteiger partial charge is 0.325 e. The highest BCUT2D eigenvalue weighted by Crippen LogP contribution is 2.34. The zero-order valence-electron chi connectivity index (χ0n) is 15.2. The molecule has 4 nitrogen and oxygen atoms in total. The van der Waals surface area contributed by atoms with Crippen LogP contribution in [0.15, 0.2) is 47.5 Å². The van der Waals surface area contributed by atoms with Crippen molar-refractivity contribution in [2.24, 2.45) is 4.99 Å². The monoisotopic (exact) mass is 347 g/mol. The number of aryl methyl sites for hydroxylation is 1. The number of carbonyl (C=O) groups is 1. The van der Waals surface area contributed by atoms with E-state index in [1.54, 1.807) is 6.21 Å². The number of nitrogens with one attached hydrogen (secondary N) is 1. The van der Waals surface area contributed by atoms with Gasteiger partial charge in [-0.2, -0.15) is 0 Å². The van der Waals surface area contributed by atoms with E-state index in [1.807, 2.05) is 37.3 Å². The van der Waals surface area contributed by atoms with E-state index in [9.17, 15) is 4.79 Å². The predicted molar refractivity (Wildman–Crippen MR) is 106 cm³/mol. The first-order valence-electron chi connectivity index (χ1n) is 9.46. The first-order chi connectivity index (χ1) is 12.7. The summed E-state index contributed by atoms with van der Waals surface area (Å²) >= 11 is 0. The summed E-state index contributed by atoms with van der Waals surface area (Å²) < 4.78 is 0. The second-order valence-corrected chi connectivity index (χ2v) is 7.28. The quantitative estimate of drug-likeness (QED) is 0.832. The van der Waals surface area contributed by atoms with Gasteiger partial charge in [-0.3, -0.25) is 14.7 Å². The third kappa shape index (κ3) is 3.56. The zero-order chi connectivity index (χ0) is 17.9. The summed E-state index contributed by atoms with van der Waals surface area (Å²) in [6.07, 6.45) is 5.76. The lowest BCUT2D eigenvalue weighted by molar-refractivity contribution is -0.115. The first-order valence-corrected chi connectivity index (χ1v) is 9.46. The summed E-state index contributed by atoms with van der Waals surface area (Å²) in [6.45, 7) is 5.46. The lowest BCUT2D eigenvalue weighted by Gasteiger charge is -2.26. The lowest BCUT2D eigenvalue weighted by atomic mass is 9.97. The molecule has 1 unspecified atom stereocenters. The molecule has 4 rings (SSSR count). The minimum atomic E-state index is -0.306. The Labute approximate surface area is 154 Å². The molecule has 1 atom stereocenters. The fraction of sp³-hybridized carbons (Fsp3) is 0.364. The summed E-state index contributed by atoms with van der Waals surface area (Å²) in [5, 5.41) is 2.94. The van der Waals surface area contributed by atoms with Crippen LogP contribution < -0.4 is 5.32 Å². The lowest BCUT2D eigenvalue weighted by Crippen LogP contribution is -2.28. The highest BCUT2D eigenvalue weighted by atomic mass is 16.2. The van der Waals surface area contributed by atoms with Crippen LogP contribution in [-0.2, 0) is 11.3 Å². The molecule has 26 heavy (non-hydrogen) atoms. The number of piperidine rings is 1. The van der Waals surface area contributed by atoms with Crippen LogP contribution in [0.1, 0.15) is 41.9 Å². The van der Waals surface area contributed by atoms with Gasteiger partial charge in [0.15, 0.2) is 0 Å². The molecule has 1 N–H and O–H groups in total. The number of hydrogen-bond acceptors (Lipinski definition) is 3. The summed E-state index contributed by atoms with van der Waals surface area (Å²) in [5.41, 5.74) is 5.29. The normalized spacial score (nSPS) is 20.3. The highest BCUT2D eigenvalue weighted by Gasteiger charge is 2.30. The minimum absolute atomic E-state index is 0.000214. The zero-order valence-corrected chi connectivity index (χ0v) is 15.2. The van der Waals surface area contributed by atoms with Crippen LogP contribution in [0.5, 0.6) is 0 Å². The topological polar surface area (TPSA) is 44.7 Å². The van der Waals surface area contributed by atoms with Crippen LogP contribution in [0.2, 0.25) is 0 Å². The molecule has 0 radical (unpaired) electrons. The summed E-state index contributed by atoms with van der Waals surface area (Å²) in [4.78, 5) is 19.4. The fourth-order valence-corrected chi connectivity index (χ4v) is 3.91. The van der Waals surface area contributed by atoms with Gasteiger partial charge in [-0.05, 0) is 67.7 Å². The third-order valence-electron chi connectivity index (χ3n) is 5.34. The molecular formula is C22H25N3O. The van der Waals surface area contributed by atoms with Crippen LogP contribution >= 0.6 is 0 Å². The number of rotatable bonds is 4. The number of nitrogens with zero attached hydrogens (tertiary/aromatic N) is 2. The molecular weight excluding hydrogens is 322 g/mol. The molecule has 2 aliphatic heterocycles. The highest BCUT2D eigenvalue weighted by molar-refractivity contribution is 6.13. The number of hydrogen-bond donors (Lipinski definition) is 1. The van der Waals surface area contributed by atoms with Crippen molar-refractivity contribution in [2.75, 3.05) is 18.4 Å². The Hall–Kier alpha value is -2.46. The van der Waals surface area contributed by atoms with Crippen molar-refractivity contribution >= 4 is 23.5 Å². The van der Waals surface area contributed by atoms with Crippen LogP contribution in [0.3, 0.4) is 0 Å². The average Bonchev–Trinajstić information content (AvgIpc) is 2.98. The van der Waals surface area contributed by atoms with Gasteiger partial charge in [0, 0.05) is 18.4 Å². The predicted octanol–water partition coefficient (Wildman–Crippen LogP) is 4.42. The Morgan fingerprint density at radius 1 is 1.12 bits per heavy atom. The molecule has 1 amide bonds. The third-order valence-corrected chi connectivity index (χ3v) is 5.34. The molecule has 2 aromatic carbocycles. The standard InChI is InChI=1S/C22H25N3O/c1-16-6-5-7-20-21(16)19(22(26)24-20)14-23-18-10-8-17(9-11-18)15-25-12-3-2-4-13-25/h5-11,14,19H,2-4,12-13,15H2,1H3,(H,24,26). The maximum atomic E-state index is 12.3. The van der Waals surface area contributed by atoms with E-state index in [2.05, 4.69) is 27.3 Å². The number of amides is 1. The number of fused-ring (bicyclic) bond motifs is 1. The number of aliphatic imine (C=N–C) groups is 1. The van der Waals surface area contributed by atoms with Gasteiger partial charge in [0.05, 0.1) is 5.69 Å². The Kier molecular flexibility index (Phi) is 4.85. The Morgan fingerprint density at radius 2 is 1.88 bits per heavy atom. The van der Waals surface area contributed by atoms with E-state index in [0.717, 1.165) is 29.0 Å². The van der Waals surface area contributed by atoms with Crippen molar-refractivity contribution in [2.45, 2.75) is 38.6 Å². The molecule has 4 heteroatoms. The Balaban J connectivity index is 1.45. The van der Waals surface area contributed by atoms with E-state index < -0.39 is 0 Å². The van der Waals surface area contributed by atoms with Crippen molar-refractivity contribution in [3.05, 3.63) is 59.2 Å². The van der Waals surface area contributed by atoms with Gasteiger partial charge < -0.3 is 5.32 Å². The number of benzene rings is 2. The number of anilines is 1. The van der Waals surface area contributed by atoms with Crippen molar-refractivity contribution in [1.82, 2.24) is 4.90 Å². The molecule has 2 aromatic rings. The molecule has 0 bridgehead atoms. The SMILES string of the molecule is Cc1cccc2c1C(C=Nc1ccc(CN3CCCCC3)cc1)C(=O)N2. The van der Waals surface area contributed by atoms with E-state index in [-0.39, 0.29) is 11.8 Å². The average molecular weight is 347 g/mol. The maximum absolute atomic E-state index is 12.3. The molecule has 0 saturated carbocycles. The number of likely N-dealkylation sites (tertiary alicyclic amines) is 1. The molecule has 0 spiro atoms. The van der Waals surface area contributed by atoms with Gasteiger partial charge in [-0.25, -0.2) is 0 Å². The molecule has 0 aromatic heterocycles. The van der Waals surface area contributed by atoms with Crippen LogP contribution in [0.4, 0.5) is 11.4 Å². The smallest absolute Gasteiger partial charge is 0.237 e. The van der Waals surface area contributed by atoms with Crippen LogP contribution in [0, 0.1) is 6.92 Å². The second kappa shape index (κ2) is 7.42.